The second-order valence-corrected chi connectivity index (χ2v) is 3.97. The Kier molecular flexibility index (Phi) is 3.27. The standard InChI is InChI=1S/C10H10N4O5/c1-5(10(15)16)4-11-6-2-3-7(14(17)18)9-8(6)12-19-13-9/h2-3,5,11H,4H2,1H3,(H,15,16). The molecule has 19 heavy (non-hydrogen) atoms. The molecule has 9 heteroatoms. The quantitative estimate of drug-likeness (QED) is 0.610. The Morgan fingerprint density at radius 2 is 2.21 bits per heavy atom. The minimum Gasteiger partial charge on any atom is -0.481 e. The van der Waals surface area contributed by atoms with E-state index in [1.807, 2.05) is 0 Å². The Morgan fingerprint density at radius 1 is 1.53 bits per heavy atom. The Morgan fingerprint density at radius 3 is 2.84 bits per heavy atom. The summed E-state index contributed by atoms with van der Waals surface area (Å²) in [5.74, 6) is -1.55. The van der Waals surface area contributed by atoms with E-state index >= 15 is 0 Å². The largest absolute Gasteiger partial charge is 0.481 e. The van der Waals surface area contributed by atoms with Crippen molar-refractivity contribution in [2.24, 2.45) is 5.92 Å². The molecule has 0 saturated heterocycles. The van der Waals surface area contributed by atoms with Crippen molar-refractivity contribution in [2.75, 3.05) is 11.9 Å². The molecule has 0 saturated carbocycles. The average Bonchev–Trinajstić information content (AvgIpc) is 2.83. The van der Waals surface area contributed by atoms with Crippen LogP contribution < -0.4 is 5.32 Å². The fourth-order valence-corrected chi connectivity index (χ4v) is 1.49. The van der Waals surface area contributed by atoms with Crippen molar-refractivity contribution in [2.45, 2.75) is 6.92 Å². The van der Waals surface area contributed by atoms with Gasteiger partial charge in [0.2, 0.25) is 5.52 Å². The van der Waals surface area contributed by atoms with Gasteiger partial charge >= 0.3 is 11.7 Å². The molecule has 0 fully saturated rings. The number of rotatable bonds is 5. The molecule has 1 aromatic carbocycles. The number of hydrogen-bond acceptors (Lipinski definition) is 7. The van der Waals surface area contributed by atoms with Gasteiger partial charge in [0.1, 0.15) is 0 Å². The number of anilines is 1. The van der Waals surface area contributed by atoms with Crippen molar-refractivity contribution in [1.82, 2.24) is 10.3 Å². The normalized spacial score (nSPS) is 12.3. The molecule has 1 heterocycles. The fraction of sp³-hybridized carbons (Fsp3) is 0.300. The number of nitro benzene ring substituents is 1. The average molecular weight is 266 g/mol. The van der Waals surface area contributed by atoms with E-state index in [0.717, 1.165) is 0 Å². The molecule has 2 rings (SSSR count). The summed E-state index contributed by atoms with van der Waals surface area (Å²) in [6.45, 7) is 1.70. The maximum Gasteiger partial charge on any atom is 0.308 e. The highest BCUT2D eigenvalue weighted by molar-refractivity contribution is 5.93. The number of benzene rings is 1. The van der Waals surface area contributed by atoms with Gasteiger partial charge in [-0.05, 0) is 16.4 Å². The van der Waals surface area contributed by atoms with Crippen LogP contribution in [0.5, 0.6) is 0 Å². The van der Waals surface area contributed by atoms with Crippen molar-refractivity contribution in [3.8, 4) is 0 Å². The summed E-state index contributed by atoms with van der Waals surface area (Å²) >= 11 is 0. The van der Waals surface area contributed by atoms with Crippen molar-refractivity contribution in [3.63, 3.8) is 0 Å². The third-order valence-corrected chi connectivity index (χ3v) is 2.61. The van der Waals surface area contributed by atoms with Gasteiger partial charge in [0, 0.05) is 12.6 Å². The van der Waals surface area contributed by atoms with Crippen LogP contribution in [-0.4, -0.2) is 32.9 Å². The highest BCUT2D eigenvalue weighted by Crippen LogP contribution is 2.28. The van der Waals surface area contributed by atoms with Crippen molar-refractivity contribution in [3.05, 3.63) is 22.2 Å². The topological polar surface area (TPSA) is 131 Å². The molecule has 2 aromatic rings. The van der Waals surface area contributed by atoms with Crippen LogP contribution in [0, 0.1) is 16.0 Å². The fourth-order valence-electron chi connectivity index (χ4n) is 1.49. The van der Waals surface area contributed by atoms with Crippen LogP contribution in [0.3, 0.4) is 0 Å². The number of carboxylic acids is 1. The second-order valence-electron chi connectivity index (χ2n) is 3.97. The summed E-state index contributed by atoms with van der Waals surface area (Å²) in [6, 6.07) is 2.71. The smallest absolute Gasteiger partial charge is 0.308 e. The number of carbonyl (C=O) groups is 1. The molecule has 9 nitrogen and oxygen atoms in total. The highest BCUT2D eigenvalue weighted by atomic mass is 16.6. The third-order valence-electron chi connectivity index (χ3n) is 2.61. The summed E-state index contributed by atoms with van der Waals surface area (Å²) in [5, 5.41) is 29.5. The molecule has 1 aromatic heterocycles. The lowest BCUT2D eigenvalue weighted by Crippen LogP contribution is -2.19. The lowest BCUT2D eigenvalue weighted by Gasteiger charge is -2.09. The second kappa shape index (κ2) is 4.88. The molecule has 100 valence electrons. The monoisotopic (exact) mass is 266 g/mol. The molecule has 0 aliphatic heterocycles. The molecular weight excluding hydrogens is 256 g/mol. The number of aromatic nitrogens is 2. The van der Waals surface area contributed by atoms with E-state index in [1.54, 1.807) is 6.92 Å². The number of non-ortho nitro benzene ring substituents is 1. The van der Waals surface area contributed by atoms with E-state index in [1.165, 1.54) is 12.1 Å². The van der Waals surface area contributed by atoms with Crippen molar-refractivity contribution in [1.29, 1.82) is 0 Å². The first-order valence-electron chi connectivity index (χ1n) is 5.37. The number of nitrogens with one attached hydrogen (secondary N) is 1. The van der Waals surface area contributed by atoms with Gasteiger partial charge in [0.05, 0.1) is 16.5 Å². The Hall–Kier alpha value is -2.71. The van der Waals surface area contributed by atoms with Gasteiger partial charge in [-0.1, -0.05) is 6.92 Å². The van der Waals surface area contributed by atoms with Crippen LogP contribution >= 0.6 is 0 Å². The lowest BCUT2D eigenvalue weighted by molar-refractivity contribution is -0.383. The first-order chi connectivity index (χ1) is 9.00. The van der Waals surface area contributed by atoms with Crippen LogP contribution in [0.2, 0.25) is 0 Å². The van der Waals surface area contributed by atoms with E-state index in [9.17, 15) is 14.9 Å². The maximum atomic E-state index is 10.8. The third kappa shape index (κ3) is 2.44. The van der Waals surface area contributed by atoms with Crippen molar-refractivity contribution < 1.29 is 19.5 Å². The number of nitro groups is 1. The van der Waals surface area contributed by atoms with Crippen LogP contribution in [0.25, 0.3) is 11.0 Å². The van der Waals surface area contributed by atoms with Crippen LogP contribution in [0.1, 0.15) is 6.92 Å². The predicted molar refractivity (Wildman–Crippen MR) is 63.7 cm³/mol. The Bertz CT molecular complexity index is 638. The Labute approximate surface area is 106 Å². The van der Waals surface area contributed by atoms with Gasteiger partial charge in [-0.2, -0.15) is 0 Å². The first-order valence-corrected chi connectivity index (χ1v) is 5.37. The molecular formula is C10H10N4O5. The molecule has 0 aliphatic carbocycles. The lowest BCUT2D eigenvalue weighted by atomic mass is 10.1. The number of nitrogens with zero attached hydrogens (tertiary/aromatic N) is 3. The van der Waals surface area contributed by atoms with Gasteiger partial charge in [-0.3, -0.25) is 14.9 Å². The van der Waals surface area contributed by atoms with Gasteiger partial charge in [0.25, 0.3) is 0 Å². The zero-order valence-corrected chi connectivity index (χ0v) is 9.86. The minimum absolute atomic E-state index is 0.0259. The molecule has 0 amide bonds. The number of aliphatic carboxylic acids is 1. The Balaban J connectivity index is 2.30. The summed E-state index contributed by atoms with van der Waals surface area (Å²) in [6.07, 6.45) is 0. The summed E-state index contributed by atoms with van der Waals surface area (Å²) in [4.78, 5) is 20.9. The van der Waals surface area contributed by atoms with Crippen LogP contribution in [0.15, 0.2) is 16.8 Å². The van der Waals surface area contributed by atoms with E-state index in [-0.39, 0.29) is 23.3 Å². The first kappa shape index (κ1) is 12.7. The molecule has 1 atom stereocenters. The maximum absolute atomic E-state index is 10.8. The summed E-state index contributed by atoms with van der Waals surface area (Å²) in [5.41, 5.74) is 0.452. The van der Waals surface area contributed by atoms with Crippen LogP contribution in [0.4, 0.5) is 11.4 Å². The van der Waals surface area contributed by atoms with Crippen LogP contribution in [-0.2, 0) is 4.79 Å². The summed E-state index contributed by atoms with van der Waals surface area (Å²) < 4.78 is 4.49. The zero-order valence-electron chi connectivity index (χ0n) is 9.86. The zero-order chi connectivity index (χ0) is 14.0. The van der Waals surface area contributed by atoms with Gasteiger partial charge in [0.15, 0.2) is 5.52 Å². The number of carboxylic acid groups (broad SMARTS) is 1. The van der Waals surface area contributed by atoms with Gasteiger partial charge < -0.3 is 10.4 Å². The SMILES string of the molecule is CC(CNc1ccc([N+](=O)[O-])c2nonc12)C(=O)O. The molecule has 0 spiro atoms. The van der Waals surface area contributed by atoms with Gasteiger partial charge in [-0.15, -0.1) is 0 Å². The molecule has 2 N–H and O–H groups in total. The molecule has 0 aliphatic rings. The molecule has 1 unspecified atom stereocenters. The van der Waals surface area contributed by atoms with Gasteiger partial charge in [-0.25, -0.2) is 4.63 Å². The van der Waals surface area contributed by atoms with E-state index in [0.29, 0.717) is 5.69 Å². The van der Waals surface area contributed by atoms with Crippen molar-refractivity contribution >= 4 is 28.4 Å². The van der Waals surface area contributed by atoms with E-state index < -0.39 is 16.8 Å². The molecule has 0 radical (unpaired) electrons. The van der Waals surface area contributed by atoms with E-state index in [4.69, 9.17) is 5.11 Å². The highest BCUT2D eigenvalue weighted by Gasteiger charge is 2.20. The summed E-state index contributed by atoms with van der Waals surface area (Å²) in [7, 11) is 0. The number of fused-ring (bicyclic) bond motifs is 1. The predicted octanol–water partition coefficient (Wildman–Crippen LogP) is 1.26. The van der Waals surface area contributed by atoms with E-state index in [2.05, 4.69) is 20.3 Å². The number of hydrogen-bond donors (Lipinski definition) is 2. The minimum atomic E-state index is -0.941. The molecule has 0 bridgehead atoms.